The van der Waals surface area contributed by atoms with Gasteiger partial charge >= 0.3 is 5.97 Å². The fraction of sp³-hybridized carbons (Fsp3) is 0.333. The van der Waals surface area contributed by atoms with E-state index < -0.39 is 17.2 Å². The second-order valence-electron chi connectivity index (χ2n) is 8.38. The molecule has 0 atom stereocenters. The second-order valence-corrected chi connectivity index (χ2v) is 8.38. The van der Waals surface area contributed by atoms with E-state index in [0.717, 1.165) is 11.1 Å². The molecule has 0 unspecified atom stereocenters. The molecule has 0 radical (unpaired) electrons. The molecule has 0 amide bonds. The Morgan fingerprint density at radius 2 is 1.59 bits per heavy atom. The first-order valence-corrected chi connectivity index (χ1v) is 9.42. The summed E-state index contributed by atoms with van der Waals surface area (Å²) in [6.07, 6.45) is 3.19. The maximum absolute atomic E-state index is 12.4. The minimum absolute atomic E-state index is 0.117. The lowest BCUT2D eigenvalue weighted by Crippen LogP contribution is -2.43. The molecule has 0 saturated heterocycles. The van der Waals surface area contributed by atoms with E-state index in [0.29, 0.717) is 11.3 Å². The van der Waals surface area contributed by atoms with Crippen molar-refractivity contribution in [3.63, 3.8) is 0 Å². The first-order chi connectivity index (χ1) is 13.4. The Hall–Kier alpha value is -3.08. The van der Waals surface area contributed by atoms with Crippen LogP contribution >= 0.6 is 0 Å². The molecule has 0 fully saturated rings. The molecule has 1 N–H and O–H groups in total. The average molecular weight is 396 g/mol. The molecule has 0 aliphatic heterocycles. The molecule has 0 spiro atoms. The molecule has 29 heavy (non-hydrogen) atoms. The van der Waals surface area contributed by atoms with Crippen molar-refractivity contribution in [2.75, 3.05) is 0 Å². The number of aryl methyl sites for hydroxylation is 1. The number of carbonyl (C=O) groups excluding carboxylic acids is 2. The third kappa shape index (κ3) is 6.49. The molecular weight excluding hydrogens is 368 g/mol. The van der Waals surface area contributed by atoms with Crippen LogP contribution in [0.15, 0.2) is 48.5 Å². The van der Waals surface area contributed by atoms with Gasteiger partial charge in [0.1, 0.15) is 17.1 Å². The first kappa shape index (κ1) is 22.2. The number of ketones is 1. The van der Waals surface area contributed by atoms with Crippen LogP contribution in [0.2, 0.25) is 0 Å². The van der Waals surface area contributed by atoms with Crippen LogP contribution in [0.4, 0.5) is 0 Å². The van der Waals surface area contributed by atoms with E-state index in [1.165, 1.54) is 18.2 Å². The van der Waals surface area contributed by atoms with Gasteiger partial charge in [-0.15, -0.1) is 0 Å². The van der Waals surface area contributed by atoms with Crippen LogP contribution in [-0.4, -0.2) is 28.1 Å². The smallest absolute Gasteiger partial charge is 0.350 e. The lowest BCUT2D eigenvalue weighted by molar-refractivity contribution is -0.170. The average Bonchev–Trinajstić information content (AvgIpc) is 2.61. The fourth-order valence-corrected chi connectivity index (χ4v) is 2.50. The van der Waals surface area contributed by atoms with Crippen molar-refractivity contribution >= 4 is 17.8 Å². The lowest BCUT2D eigenvalue weighted by Gasteiger charge is -2.29. The Bertz CT molecular complexity index is 915. The number of esters is 1. The molecule has 0 aliphatic rings. The van der Waals surface area contributed by atoms with Gasteiger partial charge in [0.05, 0.1) is 0 Å². The van der Waals surface area contributed by atoms with Gasteiger partial charge in [-0.05, 0) is 95.1 Å². The molecule has 0 aromatic heterocycles. The number of aromatic hydroxyl groups is 1. The van der Waals surface area contributed by atoms with E-state index in [9.17, 15) is 14.7 Å². The summed E-state index contributed by atoms with van der Waals surface area (Å²) >= 11 is 0. The fourth-order valence-electron chi connectivity index (χ4n) is 2.50. The molecule has 5 nitrogen and oxygen atoms in total. The number of rotatable bonds is 6. The predicted molar refractivity (Wildman–Crippen MR) is 113 cm³/mol. The van der Waals surface area contributed by atoms with Gasteiger partial charge in [0.25, 0.3) is 0 Å². The van der Waals surface area contributed by atoms with E-state index in [1.807, 2.05) is 39.8 Å². The molecule has 2 aromatic carbocycles. The quantitative estimate of drug-likeness (QED) is 0.418. The molecular formula is C24H28O5. The number of ether oxygens (including phenoxy) is 2. The second kappa shape index (κ2) is 8.52. The molecule has 0 aliphatic carbocycles. The zero-order valence-corrected chi connectivity index (χ0v) is 17.8. The van der Waals surface area contributed by atoms with Crippen molar-refractivity contribution < 1.29 is 24.2 Å². The summed E-state index contributed by atoms with van der Waals surface area (Å²) in [4.78, 5) is 24.6. The highest BCUT2D eigenvalue weighted by atomic mass is 16.6. The monoisotopic (exact) mass is 396 g/mol. The summed E-state index contributed by atoms with van der Waals surface area (Å²) in [6.45, 7) is 10.7. The zero-order chi connectivity index (χ0) is 21.8. The maximum Gasteiger partial charge on any atom is 0.350 e. The highest BCUT2D eigenvalue weighted by molar-refractivity contribution is 6.06. The summed E-state index contributed by atoms with van der Waals surface area (Å²) in [7, 11) is 0. The Labute approximate surface area is 172 Å². The Morgan fingerprint density at radius 3 is 2.14 bits per heavy atom. The molecule has 154 valence electrons. The van der Waals surface area contributed by atoms with Crippen molar-refractivity contribution in [3.05, 3.63) is 65.2 Å². The van der Waals surface area contributed by atoms with Crippen LogP contribution in [0.5, 0.6) is 11.5 Å². The van der Waals surface area contributed by atoms with Gasteiger partial charge in [-0.2, -0.15) is 0 Å². The number of phenolic OH excluding ortho intramolecular Hbond substituents is 1. The van der Waals surface area contributed by atoms with E-state index in [2.05, 4.69) is 0 Å². The molecule has 2 aromatic rings. The third-order valence-electron chi connectivity index (χ3n) is 4.03. The Balaban J connectivity index is 2.10. The number of hydrogen-bond acceptors (Lipinski definition) is 5. The number of benzene rings is 2. The topological polar surface area (TPSA) is 72.8 Å². The highest BCUT2D eigenvalue weighted by Crippen LogP contribution is 2.26. The SMILES string of the molecule is Cc1cc(C=CC(=O)c2ccc(O)cc2)ccc1OC(C)(C)C(=O)OC(C)(C)C. The van der Waals surface area contributed by atoms with Crippen LogP contribution in [0.1, 0.15) is 56.1 Å². The van der Waals surface area contributed by atoms with Crippen molar-refractivity contribution in [1.82, 2.24) is 0 Å². The Morgan fingerprint density at radius 1 is 0.966 bits per heavy atom. The largest absolute Gasteiger partial charge is 0.508 e. The molecule has 5 heteroatoms. The zero-order valence-electron chi connectivity index (χ0n) is 17.8. The van der Waals surface area contributed by atoms with E-state index in [1.54, 1.807) is 38.1 Å². The summed E-state index contributed by atoms with van der Waals surface area (Å²) in [5, 5.41) is 9.30. The highest BCUT2D eigenvalue weighted by Gasteiger charge is 2.35. The summed E-state index contributed by atoms with van der Waals surface area (Å²) in [5.74, 6) is 0.0934. The van der Waals surface area contributed by atoms with Crippen LogP contribution in [0.3, 0.4) is 0 Å². The number of hydrogen-bond donors (Lipinski definition) is 1. The lowest BCUT2D eigenvalue weighted by atomic mass is 10.1. The minimum Gasteiger partial charge on any atom is -0.508 e. The number of phenols is 1. The van der Waals surface area contributed by atoms with E-state index in [4.69, 9.17) is 9.47 Å². The van der Waals surface area contributed by atoms with Crippen LogP contribution in [0, 0.1) is 6.92 Å². The summed E-state index contributed by atoms with van der Waals surface area (Å²) < 4.78 is 11.3. The van der Waals surface area contributed by atoms with Gasteiger partial charge in [0.2, 0.25) is 0 Å². The van der Waals surface area contributed by atoms with Gasteiger partial charge in [0.15, 0.2) is 11.4 Å². The number of carbonyl (C=O) groups is 2. The van der Waals surface area contributed by atoms with E-state index >= 15 is 0 Å². The van der Waals surface area contributed by atoms with Gasteiger partial charge in [-0.1, -0.05) is 12.1 Å². The third-order valence-corrected chi connectivity index (χ3v) is 4.03. The molecule has 0 saturated carbocycles. The van der Waals surface area contributed by atoms with Crippen molar-refractivity contribution in [2.45, 2.75) is 52.7 Å². The summed E-state index contributed by atoms with van der Waals surface area (Å²) in [6, 6.07) is 11.6. The predicted octanol–water partition coefficient (Wildman–Crippen LogP) is 5.10. The molecule has 0 bridgehead atoms. The van der Waals surface area contributed by atoms with Crippen LogP contribution < -0.4 is 4.74 Å². The van der Waals surface area contributed by atoms with Crippen molar-refractivity contribution in [2.24, 2.45) is 0 Å². The normalized spacial score (nSPS) is 12.1. The van der Waals surface area contributed by atoms with Crippen molar-refractivity contribution in [1.29, 1.82) is 0 Å². The van der Waals surface area contributed by atoms with E-state index in [-0.39, 0.29) is 11.5 Å². The van der Waals surface area contributed by atoms with Gasteiger partial charge in [-0.25, -0.2) is 4.79 Å². The molecule has 2 rings (SSSR count). The van der Waals surface area contributed by atoms with Crippen LogP contribution in [0.25, 0.3) is 6.08 Å². The Kier molecular flexibility index (Phi) is 6.52. The summed E-state index contributed by atoms with van der Waals surface area (Å²) in [5.41, 5.74) is 0.433. The molecule has 0 heterocycles. The van der Waals surface area contributed by atoms with Gasteiger partial charge < -0.3 is 14.6 Å². The van der Waals surface area contributed by atoms with Gasteiger partial charge in [0, 0.05) is 5.56 Å². The van der Waals surface area contributed by atoms with Crippen molar-refractivity contribution in [3.8, 4) is 11.5 Å². The standard InChI is InChI=1S/C24H28O5/c1-16-15-17(7-13-20(26)18-9-11-19(25)12-10-18)8-14-21(16)28-24(5,6)22(27)29-23(2,3)4/h7-15,25H,1-6H3. The van der Waals surface area contributed by atoms with Crippen LogP contribution in [-0.2, 0) is 9.53 Å². The van der Waals surface area contributed by atoms with Gasteiger partial charge in [-0.3, -0.25) is 4.79 Å². The number of allylic oxidation sites excluding steroid dienone is 1. The maximum atomic E-state index is 12.4. The minimum atomic E-state index is -1.13. The first-order valence-electron chi connectivity index (χ1n) is 9.42.